The average Bonchev–Trinajstić information content (AvgIpc) is 2.63. The molecule has 0 radical (unpaired) electrons. The summed E-state index contributed by atoms with van der Waals surface area (Å²) >= 11 is 6.38. The van der Waals surface area contributed by atoms with Crippen LogP contribution in [0.1, 0.15) is 5.56 Å². The fourth-order valence-electron chi connectivity index (χ4n) is 1.99. The second-order valence-corrected chi connectivity index (χ2v) is 6.38. The maximum atomic E-state index is 11.3. The van der Waals surface area contributed by atoms with Crippen LogP contribution in [-0.2, 0) is 4.79 Å². The zero-order chi connectivity index (χ0) is 18.2. The van der Waals surface area contributed by atoms with Gasteiger partial charge in [0.15, 0.2) is 0 Å². The molecule has 0 atom stereocenters. The van der Waals surface area contributed by atoms with E-state index in [-0.39, 0.29) is 11.2 Å². The Labute approximate surface area is 162 Å². The third kappa shape index (κ3) is 5.28. The first kappa shape index (κ1) is 18.9. The van der Waals surface area contributed by atoms with Gasteiger partial charge in [0.05, 0.1) is 22.1 Å². The Kier molecular flexibility index (Phi) is 6.92. The number of nitrogens with zero attached hydrogens (tertiary/aromatic N) is 2. The van der Waals surface area contributed by atoms with Gasteiger partial charge in [-0.25, -0.2) is 0 Å². The van der Waals surface area contributed by atoms with Crippen LogP contribution in [0.4, 0.5) is 11.4 Å². The van der Waals surface area contributed by atoms with Crippen molar-refractivity contribution in [3.05, 3.63) is 64.8 Å². The quantitative estimate of drug-likeness (QED) is 0.550. The molecule has 0 fully saturated rings. The molecule has 0 aliphatic carbocycles. The topological polar surface area (TPSA) is 91.8 Å². The van der Waals surface area contributed by atoms with E-state index in [1.54, 1.807) is 18.2 Å². The molecule has 126 valence electrons. The fraction of sp³-hybridized carbons (Fsp3) is 0.0556. The molecule has 0 spiro atoms. The normalized spacial score (nSPS) is 9.64. The third-order valence-corrected chi connectivity index (χ3v) is 4.21. The lowest BCUT2D eigenvalue weighted by Gasteiger charge is -2.07. The smallest absolute Gasteiger partial charge is 0.235 e. The SMILES string of the molecule is Brc1ccccc1.N#Cc1cnc2ccc(NC(=O)CBr)cc2c1N. The molecule has 25 heavy (non-hydrogen) atoms. The number of hydrogen-bond donors (Lipinski definition) is 2. The molecule has 2 aromatic carbocycles. The first-order chi connectivity index (χ1) is 12.0. The number of aromatic nitrogens is 1. The molecule has 0 saturated heterocycles. The number of nitrogen functional groups attached to an aromatic ring is 1. The van der Waals surface area contributed by atoms with E-state index in [0.717, 1.165) is 4.47 Å². The summed E-state index contributed by atoms with van der Waals surface area (Å²) in [6, 6.07) is 17.1. The zero-order valence-electron chi connectivity index (χ0n) is 13.0. The highest BCUT2D eigenvalue weighted by Gasteiger charge is 2.07. The van der Waals surface area contributed by atoms with Crippen molar-refractivity contribution in [2.24, 2.45) is 0 Å². The van der Waals surface area contributed by atoms with E-state index >= 15 is 0 Å². The summed E-state index contributed by atoms with van der Waals surface area (Å²) in [6.07, 6.45) is 1.44. The number of pyridine rings is 1. The number of alkyl halides is 1. The van der Waals surface area contributed by atoms with Gasteiger partial charge in [0.25, 0.3) is 0 Å². The minimum absolute atomic E-state index is 0.155. The molecule has 0 saturated carbocycles. The summed E-state index contributed by atoms with van der Waals surface area (Å²) in [5.41, 5.74) is 7.88. The highest BCUT2D eigenvalue weighted by Crippen LogP contribution is 2.25. The molecule has 3 rings (SSSR count). The van der Waals surface area contributed by atoms with Gasteiger partial charge >= 0.3 is 0 Å². The van der Waals surface area contributed by atoms with Crippen LogP contribution in [0.3, 0.4) is 0 Å². The minimum Gasteiger partial charge on any atom is -0.397 e. The van der Waals surface area contributed by atoms with Gasteiger partial charge in [-0.2, -0.15) is 5.26 Å². The molecule has 0 unspecified atom stereocenters. The van der Waals surface area contributed by atoms with E-state index < -0.39 is 0 Å². The van der Waals surface area contributed by atoms with Crippen LogP contribution >= 0.6 is 31.9 Å². The summed E-state index contributed by atoms with van der Waals surface area (Å²) in [7, 11) is 0. The molecule has 0 aliphatic heterocycles. The van der Waals surface area contributed by atoms with E-state index in [4.69, 9.17) is 11.0 Å². The monoisotopic (exact) mass is 460 g/mol. The molecule has 1 heterocycles. The van der Waals surface area contributed by atoms with Gasteiger partial charge in [-0.3, -0.25) is 9.78 Å². The average molecular weight is 462 g/mol. The molecule has 7 heteroatoms. The maximum absolute atomic E-state index is 11.3. The van der Waals surface area contributed by atoms with Crippen molar-refractivity contribution in [1.29, 1.82) is 5.26 Å². The van der Waals surface area contributed by atoms with Crippen LogP contribution in [0.15, 0.2) is 59.2 Å². The van der Waals surface area contributed by atoms with Gasteiger partial charge in [-0.15, -0.1) is 0 Å². The van der Waals surface area contributed by atoms with Gasteiger partial charge in [-0.1, -0.05) is 50.1 Å². The Morgan fingerprint density at radius 1 is 1.24 bits per heavy atom. The first-order valence-corrected chi connectivity index (χ1v) is 9.11. The lowest BCUT2D eigenvalue weighted by molar-refractivity contribution is -0.113. The molecule has 3 aromatic rings. The number of anilines is 2. The standard InChI is InChI=1S/C12H9BrN4O.C6H5Br/c13-4-11(18)17-8-1-2-10-9(3-8)12(15)7(5-14)6-16-10;7-6-4-2-1-3-5-6/h1-3,6H,4H2,(H2,15,16)(H,17,18);1-5H. The number of nitrogens with one attached hydrogen (secondary N) is 1. The van der Waals surface area contributed by atoms with Crippen molar-refractivity contribution < 1.29 is 4.79 Å². The van der Waals surface area contributed by atoms with Crippen LogP contribution in [0.25, 0.3) is 10.9 Å². The molecule has 0 bridgehead atoms. The van der Waals surface area contributed by atoms with Crippen LogP contribution in [-0.4, -0.2) is 16.2 Å². The van der Waals surface area contributed by atoms with Gasteiger partial charge in [0.2, 0.25) is 5.91 Å². The number of carbonyl (C=O) groups excluding carboxylic acids is 1. The second-order valence-electron chi connectivity index (χ2n) is 4.91. The van der Waals surface area contributed by atoms with Crippen molar-refractivity contribution in [2.75, 3.05) is 16.4 Å². The Morgan fingerprint density at radius 3 is 2.52 bits per heavy atom. The number of carbonyl (C=O) groups is 1. The summed E-state index contributed by atoms with van der Waals surface area (Å²) < 4.78 is 1.13. The minimum atomic E-state index is -0.155. The summed E-state index contributed by atoms with van der Waals surface area (Å²) in [4.78, 5) is 15.4. The van der Waals surface area contributed by atoms with Crippen molar-refractivity contribution in [1.82, 2.24) is 4.98 Å². The summed E-state index contributed by atoms with van der Waals surface area (Å²) in [5.74, 6) is -0.155. The van der Waals surface area contributed by atoms with Crippen molar-refractivity contribution in [3.8, 4) is 6.07 Å². The van der Waals surface area contributed by atoms with Crippen LogP contribution in [0.2, 0.25) is 0 Å². The number of amides is 1. The number of nitrogens with two attached hydrogens (primary N) is 1. The molecule has 3 N–H and O–H groups in total. The van der Waals surface area contributed by atoms with Gasteiger partial charge < -0.3 is 11.1 Å². The highest BCUT2D eigenvalue weighted by atomic mass is 79.9. The molecule has 1 aromatic heterocycles. The number of fused-ring (bicyclic) bond motifs is 1. The van der Waals surface area contributed by atoms with Gasteiger partial charge in [0.1, 0.15) is 6.07 Å². The summed E-state index contributed by atoms with van der Waals surface area (Å²) in [6.45, 7) is 0. The number of hydrogen-bond acceptors (Lipinski definition) is 4. The van der Waals surface area contributed by atoms with Crippen molar-refractivity contribution >= 4 is 60.0 Å². The van der Waals surface area contributed by atoms with E-state index in [9.17, 15) is 4.79 Å². The fourth-order valence-corrected chi connectivity index (χ4v) is 2.43. The predicted octanol–water partition coefficient (Wildman–Crippen LogP) is 4.47. The Bertz CT molecular complexity index is 924. The van der Waals surface area contributed by atoms with E-state index in [1.165, 1.54) is 6.20 Å². The number of halogens is 2. The predicted molar refractivity (Wildman–Crippen MR) is 107 cm³/mol. The summed E-state index contributed by atoms with van der Waals surface area (Å²) in [5, 5.41) is 12.5. The second kappa shape index (κ2) is 9.16. The van der Waals surface area contributed by atoms with Crippen molar-refractivity contribution in [3.63, 3.8) is 0 Å². The lowest BCUT2D eigenvalue weighted by Crippen LogP contribution is -2.12. The largest absolute Gasteiger partial charge is 0.397 e. The first-order valence-electron chi connectivity index (χ1n) is 7.20. The molecule has 5 nitrogen and oxygen atoms in total. The molecular weight excluding hydrogens is 448 g/mol. The Hall–Kier alpha value is -2.43. The van der Waals surface area contributed by atoms with Crippen LogP contribution in [0.5, 0.6) is 0 Å². The zero-order valence-corrected chi connectivity index (χ0v) is 16.2. The Morgan fingerprint density at radius 2 is 1.96 bits per heavy atom. The maximum Gasteiger partial charge on any atom is 0.235 e. The molecule has 0 aliphatic rings. The Balaban J connectivity index is 0.000000269. The highest BCUT2D eigenvalue weighted by molar-refractivity contribution is 9.10. The molecule has 1 amide bonds. The van der Waals surface area contributed by atoms with E-state index in [1.807, 2.05) is 36.4 Å². The van der Waals surface area contributed by atoms with Crippen molar-refractivity contribution in [2.45, 2.75) is 0 Å². The number of rotatable bonds is 2. The molecular formula is C18H14Br2N4O. The van der Waals surface area contributed by atoms with Gasteiger partial charge in [0, 0.05) is 21.7 Å². The third-order valence-electron chi connectivity index (χ3n) is 3.17. The van der Waals surface area contributed by atoms with Crippen LogP contribution in [0, 0.1) is 11.3 Å². The number of benzene rings is 2. The van der Waals surface area contributed by atoms with E-state index in [2.05, 4.69) is 42.2 Å². The van der Waals surface area contributed by atoms with Crippen LogP contribution < -0.4 is 11.1 Å². The van der Waals surface area contributed by atoms with E-state index in [0.29, 0.717) is 27.8 Å². The number of nitriles is 1. The lowest BCUT2D eigenvalue weighted by atomic mass is 10.1. The van der Waals surface area contributed by atoms with Gasteiger partial charge in [-0.05, 0) is 30.3 Å².